The van der Waals surface area contributed by atoms with Gasteiger partial charge in [-0.25, -0.2) is 0 Å². The summed E-state index contributed by atoms with van der Waals surface area (Å²) in [6.07, 6.45) is -0.584. The molecule has 0 aliphatic heterocycles. The summed E-state index contributed by atoms with van der Waals surface area (Å²) in [6.45, 7) is 1.74. The molecule has 0 bridgehead atoms. The van der Waals surface area contributed by atoms with E-state index in [4.69, 9.17) is 9.47 Å². The summed E-state index contributed by atoms with van der Waals surface area (Å²) in [5, 5.41) is 9.98. The Hall–Kier alpha value is -1.65. The van der Waals surface area contributed by atoms with Gasteiger partial charge >= 0.3 is 0 Å². The van der Waals surface area contributed by atoms with Gasteiger partial charge in [-0.05, 0) is 37.3 Å². The highest BCUT2D eigenvalue weighted by atomic mass is 32.2. The number of aliphatic hydroxyl groups is 1. The summed E-state index contributed by atoms with van der Waals surface area (Å²) >= 11 is 1.58. The normalized spacial score (nSPS) is 12.0. The molecule has 2 aromatic rings. The molecule has 0 heterocycles. The molecule has 1 N–H and O–H groups in total. The Morgan fingerprint density at radius 3 is 2.45 bits per heavy atom. The second-order valence-electron chi connectivity index (χ2n) is 4.33. The molecule has 0 spiro atoms. The van der Waals surface area contributed by atoms with Gasteiger partial charge in [0.15, 0.2) is 0 Å². The lowest BCUT2D eigenvalue weighted by Crippen LogP contribution is -1.98. The van der Waals surface area contributed by atoms with E-state index in [2.05, 4.69) is 0 Å². The number of rotatable bonds is 5. The molecule has 3 nitrogen and oxygen atoms in total. The van der Waals surface area contributed by atoms with E-state index >= 15 is 0 Å². The van der Waals surface area contributed by atoms with Gasteiger partial charge in [-0.2, -0.15) is 0 Å². The lowest BCUT2D eigenvalue weighted by atomic mass is 10.1. The number of hydrogen-bond donors (Lipinski definition) is 1. The fourth-order valence-electron chi connectivity index (χ4n) is 1.99. The van der Waals surface area contributed by atoms with Crippen molar-refractivity contribution >= 4 is 11.8 Å². The maximum absolute atomic E-state index is 9.98. The van der Waals surface area contributed by atoms with Gasteiger partial charge in [0.2, 0.25) is 0 Å². The SMILES string of the molecule is COc1cccc(Sc2cccc(OC)c2C(C)O)c1. The summed E-state index contributed by atoms with van der Waals surface area (Å²) < 4.78 is 10.6. The largest absolute Gasteiger partial charge is 0.497 e. The third-order valence-corrected chi connectivity index (χ3v) is 4.00. The third kappa shape index (κ3) is 3.26. The summed E-state index contributed by atoms with van der Waals surface area (Å²) in [7, 11) is 3.26. The molecule has 2 aromatic carbocycles. The van der Waals surface area contributed by atoms with E-state index in [0.29, 0.717) is 5.75 Å². The predicted molar refractivity (Wildman–Crippen MR) is 80.7 cm³/mol. The quantitative estimate of drug-likeness (QED) is 0.906. The molecular weight excluding hydrogens is 272 g/mol. The Labute approximate surface area is 123 Å². The molecule has 1 unspecified atom stereocenters. The fraction of sp³-hybridized carbons (Fsp3) is 0.250. The van der Waals surface area contributed by atoms with Gasteiger partial charge in [0.25, 0.3) is 0 Å². The van der Waals surface area contributed by atoms with Gasteiger partial charge in [-0.3, -0.25) is 0 Å². The fourth-order valence-corrected chi connectivity index (χ4v) is 3.10. The van der Waals surface area contributed by atoms with Crippen molar-refractivity contribution in [3.05, 3.63) is 48.0 Å². The average Bonchev–Trinajstić information content (AvgIpc) is 2.46. The van der Waals surface area contributed by atoms with E-state index in [1.54, 1.807) is 32.9 Å². The Kier molecular flexibility index (Phi) is 4.93. The summed E-state index contributed by atoms with van der Waals surface area (Å²) in [4.78, 5) is 2.03. The molecule has 20 heavy (non-hydrogen) atoms. The Morgan fingerprint density at radius 2 is 1.80 bits per heavy atom. The molecule has 0 aliphatic carbocycles. The molecule has 106 valence electrons. The van der Waals surface area contributed by atoms with Crippen molar-refractivity contribution < 1.29 is 14.6 Å². The van der Waals surface area contributed by atoms with Crippen LogP contribution in [-0.2, 0) is 0 Å². The van der Waals surface area contributed by atoms with Gasteiger partial charge in [0.05, 0.1) is 20.3 Å². The molecule has 0 amide bonds. The minimum atomic E-state index is -0.584. The Balaban J connectivity index is 2.37. The zero-order valence-electron chi connectivity index (χ0n) is 11.8. The Bertz CT molecular complexity index is 582. The van der Waals surface area contributed by atoms with Crippen molar-refractivity contribution in [3.63, 3.8) is 0 Å². The molecule has 1 atom stereocenters. The van der Waals surface area contributed by atoms with Crippen LogP contribution in [0.1, 0.15) is 18.6 Å². The first kappa shape index (κ1) is 14.8. The minimum Gasteiger partial charge on any atom is -0.497 e. The maximum Gasteiger partial charge on any atom is 0.125 e. The standard InChI is InChI=1S/C16H18O3S/c1-11(17)16-14(19-3)8-5-9-15(16)20-13-7-4-6-12(10-13)18-2/h4-11,17H,1-3H3. The number of ether oxygens (including phenoxy) is 2. The van der Waals surface area contributed by atoms with Crippen LogP contribution in [0.5, 0.6) is 11.5 Å². The summed E-state index contributed by atoms with van der Waals surface area (Å²) in [5.74, 6) is 1.52. The molecule has 0 aromatic heterocycles. The highest BCUT2D eigenvalue weighted by Crippen LogP contribution is 2.38. The lowest BCUT2D eigenvalue weighted by Gasteiger charge is -2.15. The van der Waals surface area contributed by atoms with E-state index in [-0.39, 0.29) is 0 Å². The molecule has 0 saturated heterocycles. The average molecular weight is 290 g/mol. The Morgan fingerprint density at radius 1 is 1.05 bits per heavy atom. The molecule has 0 aliphatic rings. The van der Waals surface area contributed by atoms with Gasteiger partial charge in [0.1, 0.15) is 11.5 Å². The zero-order chi connectivity index (χ0) is 14.5. The third-order valence-electron chi connectivity index (χ3n) is 2.93. The van der Waals surface area contributed by atoms with Gasteiger partial charge in [-0.1, -0.05) is 23.9 Å². The van der Waals surface area contributed by atoms with Crippen molar-refractivity contribution in [2.45, 2.75) is 22.8 Å². The smallest absolute Gasteiger partial charge is 0.125 e. The highest BCUT2D eigenvalue weighted by molar-refractivity contribution is 7.99. The van der Waals surface area contributed by atoms with Crippen molar-refractivity contribution in [2.75, 3.05) is 14.2 Å². The zero-order valence-corrected chi connectivity index (χ0v) is 12.6. The first-order chi connectivity index (χ1) is 9.65. The van der Waals surface area contributed by atoms with Crippen LogP contribution in [0.2, 0.25) is 0 Å². The molecule has 0 radical (unpaired) electrons. The lowest BCUT2D eigenvalue weighted by molar-refractivity contribution is 0.191. The van der Waals surface area contributed by atoms with E-state index in [1.807, 2.05) is 42.5 Å². The highest BCUT2D eigenvalue weighted by Gasteiger charge is 2.15. The number of benzene rings is 2. The van der Waals surface area contributed by atoms with E-state index < -0.39 is 6.10 Å². The monoisotopic (exact) mass is 290 g/mol. The van der Waals surface area contributed by atoms with Gasteiger partial charge in [0, 0.05) is 15.4 Å². The maximum atomic E-state index is 9.98. The first-order valence-electron chi connectivity index (χ1n) is 6.32. The number of hydrogen-bond acceptors (Lipinski definition) is 4. The van der Waals surface area contributed by atoms with E-state index in [0.717, 1.165) is 21.1 Å². The van der Waals surface area contributed by atoms with Crippen LogP contribution >= 0.6 is 11.8 Å². The summed E-state index contributed by atoms with van der Waals surface area (Å²) in [6, 6.07) is 13.6. The van der Waals surface area contributed by atoms with Crippen LogP contribution in [0, 0.1) is 0 Å². The second-order valence-corrected chi connectivity index (χ2v) is 5.44. The van der Waals surface area contributed by atoms with Gasteiger partial charge in [-0.15, -0.1) is 0 Å². The van der Waals surface area contributed by atoms with Crippen molar-refractivity contribution in [1.29, 1.82) is 0 Å². The number of methoxy groups -OCH3 is 2. The van der Waals surface area contributed by atoms with Crippen LogP contribution in [0.3, 0.4) is 0 Å². The van der Waals surface area contributed by atoms with E-state index in [9.17, 15) is 5.11 Å². The summed E-state index contributed by atoms with van der Waals surface area (Å²) in [5.41, 5.74) is 0.808. The van der Waals surface area contributed by atoms with Crippen LogP contribution < -0.4 is 9.47 Å². The van der Waals surface area contributed by atoms with Crippen molar-refractivity contribution in [2.24, 2.45) is 0 Å². The predicted octanol–water partition coefficient (Wildman–Crippen LogP) is 3.91. The minimum absolute atomic E-state index is 0.584. The second kappa shape index (κ2) is 6.68. The number of aliphatic hydroxyl groups excluding tert-OH is 1. The molecule has 4 heteroatoms. The van der Waals surface area contributed by atoms with Crippen LogP contribution in [0.25, 0.3) is 0 Å². The van der Waals surface area contributed by atoms with Crippen LogP contribution in [0.15, 0.2) is 52.3 Å². The van der Waals surface area contributed by atoms with Crippen molar-refractivity contribution in [3.8, 4) is 11.5 Å². The van der Waals surface area contributed by atoms with Gasteiger partial charge < -0.3 is 14.6 Å². The van der Waals surface area contributed by atoms with Crippen LogP contribution in [-0.4, -0.2) is 19.3 Å². The topological polar surface area (TPSA) is 38.7 Å². The molecular formula is C16H18O3S. The molecule has 0 saturated carbocycles. The van der Waals surface area contributed by atoms with Crippen LogP contribution in [0.4, 0.5) is 0 Å². The molecule has 2 rings (SSSR count). The first-order valence-corrected chi connectivity index (χ1v) is 7.14. The van der Waals surface area contributed by atoms with Crippen molar-refractivity contribution in [1.82, 2.24) is 0 Å². The molecule has 0 fully saturated rings. The van der Waals surface area contributed by atoms with E-state index in [1.165, 1.54) is 0 Å².